The van der Waals surface area contributed by atoms with E-state index in [1.807, 2.05) is 0 Å². The summed E-state index contributed by atoms with van der Waals surface area (Å²) in [7, 11) is 0. The van der Waals surface area contributed by atoms with Gasteiger partial charge < -0.3 is 10.6 Å². The number of nitrogens with zero attached hydrogens (tertiary/aromatic N) is 3. The molecule has 21 heavy (non-hydrogen) atoms. The first-order chi connectivity index (χ1) is 10.0. The van der Waals surface area contributed by atoms with Gasteiger partial charge in [-0.1, -0.05) is 6.07 Å². The fraction of sp³-hybridized carbons (Fsp3) is 0.167. The van der Waals surface area contributed by atoms with Gasteiger partial charge in [-0.2, -0.15) is 4.98 Å². The van der Waals surface area contributed by atoms with Gasteiger partial charge in [0.15, 0.2) is 11.6 Å². The van der Waals surface area contributed by atoms with Gasteiger partial charge in [-0.05, 0) is 19.1 Å². The zero-order valence-corrected chi connectivity index (χ0v) is 10.9. The number of anilines is 3. The van der Waals surface area contributed by atoms with Crippen molar-refractivity contribution in [3.63, 3.8) is 0 Å². The van der Waals surface area contributed by atoms with Crippen LogP contribution in [0, 0.1) is 21.7 Å². The molecular weight excluding hydrogens is 284 g/mol. The SMILES string of the molecule is CCNc1ncc([N+](=O)[O-])c(Nc2cccc(F)c2F)n1. The van der Waals surface area contributed by atoms with Gasteiger partial charge in [0.05, 0.1) is 10.6 Å². The fourth-order valence-electron chi connectivity index (χ4n) is 1.57. The summed E-state index contributed by atoms with van der Waals surface area (Å²) in [6.07, 6.45) is 0.991. The monoisotopic (exact) mass is 295 g/mol. The summed E-state index contributed by atoms with van der Waals surface area (Å²) in [5.74, 6) is -2.29. The van der Waals surface area contributed by atoms with Gasteiger partial charge in [0.1, 0.15) is 6.20 Å². The van der Waals surface area contributed by atoms with E-state index in [0.717, 1.165) is 12.3 Å². The smallest absolute Gasteiger partial charge is 0.329 e. The molecule has 2 rings (SSSR count). The van der Waals surface area contributed by atoms with Crippen molar-refractivity contribution < 1.29 is 13.7 Å². The van der Waals surface area contributed by atoms with Crippen LogP contribution in [-0.4, -0.2) is 21.4 Å². The van der Waals surface area contributed by atoms with Crippen LogP contribution < -0.4 is 10.6 Å². The van der Waals surface area contributed by atoms with Gasteiger partial charge in [-0.15, -0.1) is 0 Å². The Kier molecular flexibility index (Phi) is 4.21. The largest absolute Gasteiger partial charge is 0.354 e. The molecule has 0 amide bonds. The van der Waals surface area contributed by atoms with Crippen LogP contribution >= 0.6 is 0 Å². The lowest BCUT2D eigenvalue weighted by atomic mass is 10.3. The highest BCUT2D eigenvalue weighted by molar-refractivity contribution is 5.66. The molecule has 2 N–H and O–H groups in total. The number of hydrogen-bond donors (Lipinski definition) is 2. The lowest BCUT2D eigenvalue weighted by molar-refractivity contribution is -0.384. The fourth-order valence-corrected chi connectivity index (χ4v) is 1.57. The molecule has 0 saturated carbocycles. The quantitative estimate of drug-likeness (QED) is 0.651. The molecule has 0 bridgehead atoms. The van der Waals surface area contributed by atoms with Crippen LogP contribution in [0.15, 0.2) is 24.4 Å². The molecule has 7 nitrogen and oxygen atoms in total. The normalized spacial score (nSPS) is 10.2. The van der Waals surface area contributed by atoms with E-state index in [1.54, 1.807) is 6.92 Å². The lowest BCUT2D eigenvalue weighted by Gasteiger charge is -2.09. The van der Waals surface area contributed by atoms with E-state index in [9.17, 15) is 18.9 Å². The van der Waals surface area contributed by atoms with Crippen LogP contribution in [0.1, 0.15) is 6.92 Å². The van der Waals surface area contributed by atoms with Gasteiger partial charge in [0, 0.05) is 6.54 Å². The first-order valence-corrected chi connectivity index (χ1v) is 5.99. The average molecular weight is 295 g/mol. The van der Waals surface area contributed by atoms with Gasteiger partial charge in [-0.3, -0.25) is 10.1 Å². The van der Waals surface area contributed by atoms with E-state index in [4.69, 9.17) is 0 Å². The Balaban J connectivity index is 2.43. The first-order valence-electron chi connectivity index (χ1n) is 5.99. The number of hydrogen-bond acceptors (Lipinski definition) is 6. The molecule has 0 unspecified atom stereocenters. The second kappa shape index (κ2) is 6.07. The third-order valence-electron chi connectivity index (χ3n) is 2.51. The van der Waals surface area contributed by atoms with Crippen molar-refractivity contribution in [3.05, 3.63) is 46.1 Å². The predicted octanol–water partition coefficient (Wildman–Crippen LogP) is 2.84. The summed E-state index contributed by atoms with van der Waals surface area (Å²) in [6, 6.07) is 3.47. The van der Waals surface area contributed by atoms with Gasteiger partial charge in [-0.25, -0.2) is 13.8 Å². The summed E-state index contributed by atoms with van der Waals surface area (Å²) in [4.78, 5) is 17.9. The summed E-state index contributed by atoms with van der Waals surface area (Å²) in [5, 5.41) is 16.1. The van der Waals surface area contributed by atoms with Gasteiger partial charge >= 0.3 is 5.69 Å². The summed E-state index contributed by atoms with van der Waals surface area (Å²) >= 11 is 0. The Labute approximate surface area is 118 Å². The maximum atomic E-state index is 13.6. The summed E-state index contributed by atoms with van der Waals surface area (Å²) in [5.41, 5.74) is -0.695. The molecule has 110 valence electrons. The van der Waals surface area contributed by atoms with E-state index < -0.39 is 22.2 Å². The zero-order chi connectivity index (χ0) is 15.4. The molecule has 0 saturated heterocycles. The van der Waals surface area contributed by atoms with Crippen molar-refractivity contribution in [1.82, 2.24) is 9.97 Å². The highest BCUT2D eigenvalue weighted by Gasteiger charge is 2.19. The Morgan fingerprint density at radius 2 is 2.14 bits per heavy atom. The number of nitrogens with one attached hydrogen (secondary N) is 2. The molecule has 0 fully saturated rings. The molecular formula is C12H11F2N5O2. The summed E-state index contributed by atoms with van der Waals surface area (Å²) < 4.78 is 26.7. The van der Waals surface area contributed by atoms with E-state index in [0.29, 0.717) is 6.54 Å². The third kappa shape index (κ3) is 3.19. The molecule has 0 aliphatic rings. The number of rotatable bonds is 5. The number of aromatic nitrogens is 2. The van der Waals surface area contributed by atoms with Crippen molar-refractivity contribution >= 4 is 23.1 Å². The van der Waals surface area contributed by atoms with Crippen molar-refractivity contribution in [2.24, 2.45) is 0 Å². The second-order valence-electron chi connectivity index (χ2n) is 3.94. The van der Waals surface area contributed by atoms with Crippen LogP contribution in [0.2, 0.25) is 0 Å². The molecule has 1 aromatic carbocycles. The van der Waals surface area contributed by atoms with Crippen LogP contribution in [0.5, 0.6) is 0 Å². The van der Waals surface area contributed by atoms with Crippen LogP contribution in [0.25, 0.3) is 0 Å². The maximum Gasteiger partial charge on any atom is 0.329 e. The molecule has 1 aromatic heterocycles. The molecule has 0 aliphatic heterocycles. The highest BCUT2D eigenvalue weighted by atomic mass is 19.2. The topological polar surface area (TPSA) is 93.0 Å². The van der Waals surface area contributed by atoms with Crippen molar-refractivity contribution in [2.75, 3.05) is 17.2 Å². The minimum atomic E-state index is -1.14. The third-order valence-corrected chi connectivity index (χ3v) is 2.51. The molecule has 0 spiro atoms. The van der Waals surface area contributed by atoms with Crippen molar-refractivity contribution in [3.8, 4) is 0 Å². The van der Waals surface area contributed by atoms with Crippen LogP contribution in [-0.2, 0) is 0 Å². The van der Waals surface area contributed by atoms with Gasteiger partial charge in [0.25, 0.3) is 0 Å². The van der Waals surface area contributed by atoms with Crippen LogP contribution in [0.4, 0.5) is 31.9 Å². The van der Waals surface area contributed by atoms with Crippen LogP contribution in [0.3, 0.4) is 0 Å². The standard InChI is InChI=1S/C12H11F2N5O2/c1-2-15-12-16-6-9(19(20)21)11(18-12)17-8-5-3-4-7(13)10(8)14/h3-6H,2H2,1H3,(H2,15,16,17,18). The van der Waals surface area contributed by atoms with E-state index in [2.05, 4.69) is 20.6 Å². The van der Waals surface area contributed by atoms with E-state index in [1.165, 1.54) is 12.1 Å². The lowest BCUT2D eigenvalue weighted by Crippen LogP contribution is -2.07. The van der Waals surface area contributed by atoms with Gasteiger partial charge in [0.2, 0.25) is 11.8 Å². The predicted molar refractivity (Wildman–Crippen MR) is 72.5 cm³/mol. The number of benzene rings is 1. The average Bonchev–Trinajstić information content (AvgIpc) is 2.44. The Morgan fingerprint density at radius 3 is 2.81 bits per heavy atom. The molecule has 2 aromatic rings. The molecule has 0 atom stereocenters. The minimum Gasteiger partial charge on any atom is -0.354 e. The molecule has 9 heteroatoms. The van der Waals surface area contributed by atoms with E-state index in [-0.39, 0.29) is 17.5 Å². The maximum absolute atomic E-state index is 13.6. The van der Waals surface area contributed by atoms with E-state index >= 15 is 0 Å². The number of halogens is 2. The highest BCUT2D eigenvalue weighted by Crippen LogP contribution is 2.27. The first kappa shape index (κ1) is 14.6. The second-order valence-corrected chi connectivity index (χ2v) is 3.94. The number of nitro groups is 1. The van der Waals surface area contributed by atoms with Crippen molar-refractivity contribution in [1.29, 1.82) is 0 Å². The molecule has 0 radical (unpaired) electrons. The Hall–Kier alpha value is -2.84. The zero-order valence-electron chi connectivity index (χ0n) is 10.9. The Bertz CT molecular complexity index is 681. The molecule has 1 heterocycles. The summed E-state index contributed by atoms with van der Waals surface area (Å²) in [6.45, 7) is 2.30. The Morgan fingerprint density at radius 1 is 1.38 bits per heavy atom. The van der Waals surface area contributed by atoms with Crippen molar-refractivity contribution in [2.45, 2.75) is 6.92 Å². The minimum absolute atomic E-state index is 0.141. The molecule has 0 aliphatic carbocycles.